The Labute approximate surface area is 119 Å². The molecule has 0 amide bonds. The molecule has 0 saturated carbocycles. The van der Waals surface area contributed by atoms with Crippen LogP contribution in [0.5, 0.6) is 0 Å². The Morgan fingerprint density at radius 1 is 1.32 bits per heavy atom. The highest BCUT2D eigenvalue weighted by atomic mass is 35.5. The first-order chi connectivity index (χ1) is 9.26. The van der Waals surface area contributed by atoms with Crippen molar-refractivity contribution in [3.05, 3.63) is 28.8 Å². The van der Waals surface area contributed by atoms with Crippen LogP contribution in [-0.2, 0) is 0 Å². The number of nitrogens with one attached hydrogen (secondary N) is 1. The van der Waals surface area contributed by atoms with E-state index in [2.05, 4.69) is 16.3 Å². The topological polar surface area (TPSA) is 39.1 Å². The third-order valence-electron chi connectivity index (χ3n) is 4.28. The third kappa shape index (κ3) is 2.70. The van der Waals surface area contributed by atoms with Gasteiger partial charge < -0.3 is 10.2 Å². The summed E-state index contributed by atoms with van der Waals surface area (Å²) >= 11 is 6.20. The minimum absolute atomic E-state index is 0.478. The van der Waals surface area contributed by atoms with Crippen LogP contribution in [0.25, 0.3) is 0 Å². The number of fused-ring (bicyclic) bond motifs is 1. The lowest BCUT2D eigenvalue weighted by atomic mass is 9.97. The van der Waals surface area contributed by atoms with Crippen LogP contribution < -0.4 is 5.32 Å². The summed E-state index contributed by atoms with van der Waals surface area (Å²) < 4.78 is 0. The van der Waals surface area contributed by atoms with Crippen molar-refractivity contribution >= 4 is 17.3 Å². The monoisotopic (exact) mass is 275 g/mol. The summed E-state index contributed by atoms with van der Waals surface area (Å²) in [5, 5.41) is 13.2. The van der Waals surface area contributed by atoms with Crippen molar-refractivity contribution in [1.29, 1.82) is 5.26 Å². The van der Waals surface area contributed by atoms with Gasteiger partial charge in [0.05, 0.1) is 22.3 Å². The molecule has 4 heteroatoms. The molecule has 2 fully saturated rings. The van der Waals surface area contributed by atoms with Crippen LogP contribution in [0.4, 0.5) is 5.69 Å². The Morgan fingerprint density at radius 2 is 2.21 bits per heavy atom. The van der Waals surface area contributed by atoms with Crippen molar-refractivity contribution < 1.29 is 0 Å². The number of rotatable bonds is 2. The molecule has 0 aromatic heterocycles. The smallest absolute Gasteiger partial charge is 0.0992 e. The molecule has 3 nitrogen and oxygen atoms in total. The molecule has 2 unspecified atom stereocenters. The Balaban J connectivity index is 1.70. The van der Waals surface area contributed by atoms with E-state index in [0.29, 0.717) is 16.6 Å². The van der Waals surface area contributed by atoms with Gasteiger partial charge in [-0.2, -0.15) is 5.26 Å². The fraction of sp³-hybridized carbons (Fsp3) is 0.533. The van der Waals surface area contributed by atoms with Crippen molar-refractivity contribution in [2.45, 2.75) is 37.8 Å². The van der Waals surface area contributed by atoms with Gasteiger partial charge in [-0.3, -0.25) is 0 Å². The average Bonchev–Trinajstić information content (AvgIpc) is 2.89. The molecular weight excluding hydrogens is 258 g/mol. The Kier molecular flexibility index (Phi) is 3.63. The van der Waals surface area contributed by atoms with E-state index in [-0.39, 0.29) is 0 Å². The molecule has 1 aromatic carbocycles. The minimum atomic E-state index is 0.478. The summed E-state index contributed by atoms with van der Waals surface area (Å²) in [4.78, 5) is 2.60. The lowest BCUT2D eigenvalue weighted by Gasteiger charge is -2.35. The molecule has 100 valence electrons. The number of nitrogens with zero attached hydrogens (tertiary/aromatic N) is 2. The molecule has 0 aliphatic carbocycles. The fourth-order valence-electron chi connectivity index (χ4n) is 3.28. The number of hydrogen-bond acceptors (Lipinski definition) is 3. The van der Waals surface area contributed by atoms with Crippen molar-refractivity contribution in [3.63, 3.8) is 0 Å². The Bertz CT molecular complexity index is 509. The van der Waals surface area contributed by atoms with Crippen molar-refractivity contribution in [2.24, 2.45) is 0 Å². The number of nitriles is 1. The Hall–Kier alpha value is -1.24. The van der Waals surface area contributed by atoms with Crippen LogP contribution >= 0.6 is 11.6 Å². The first-order valence-electron chi connectivity index (χ1n) is 6.96. The molecule has 2 aliphatic rings. The van der Waals surface area contributed by atoms with Crippen LogP contribution in [0.15, 0.2) is 18.2 Å². The quantitative estimate of drug-likeness (QED) is 0.900. The second-order valence-corrected chi connectivity index (χ2v) is 5.91. The SMILES string of the molecule is N#Cc1ccc(Cl)c(NC2CCN3CCCC3C2)c1. The van der Waals surface area contributed by atoms with Gasteiger partial charge in [-0.05, 0) is 50.4 Å². The first kappa shape index (κ1) is 12.8. The number of piperidine rings is 1. The van der Waals surface area contributed by atoms with E-state index in [0.717, 1.165) is 18.2 Å². The zero-order chi connectivity index (χ0) is 13.2. The second kappa shape index (κ2) is 5.40. The molecule has 19 heavy (non-hydrogen) atoms. The summed E-state index contributed by atoms with van der Waals surface area (Å²) in [7, 11) is 0. The van der Waals surface area contributed by atoms with Crippen LogP contribution in [-0.4, -0.2) is 30.1 Å². The second-order valence-electron chi connectivity index (χ2n) is 5.50. The molecule has 0 spiro atoms. The maximum absolute atomic E-state index is 8.95. The number of benzene rings is 1. The van der Waals surface area contributed by atoms with E-state index >= 15 is 0 Å². The van der Waals surface area contributed by atoms with Gasteiger partial charge in [-0.1, -0.05) is 11.6 Å². The van der Waals surface area contributed by atoms with Gasteiger partial charge in [-0.15, -0.1) is 0 Å². The Morgan fingerprint density at radius 3 is 3.05 bits per heavy atom. The molecule has 1 N–H and O–H groups in total. The molecule has 2 aliphatic heterocycles. The van der Waals surface area contributed by atoms with Crippen molar-refractivity contribution in [2.75, 3.05) is 18.4 Å². The molecule has 2 saturated heterocycles. The largest absolute Gasteiger partial charge is 0.381 e. The summed E-state index contributed by atoms with van der Waals surface area (Å²) in [5.74, 6) is 0. The molecule has 3 rings (SSSR count). The van der Waals surface area contributed by atoms with E-state index in [4.69, 9.17) is 16.9 Å². The fourth-order valence-corrected chi connectivity index (χ4v) is 3.45. The van der Waals surface area contributed by atoms with Crippen LogP contribution in [0.3, 0.4) is 0 Å². The summed E-state index contributed by atoms with van der Waals surface area (Å²) in [6.45, 7) is 2.44. The normalized spacial score (nSPS) is 26.7. The lowest BCUT2D eigenvalue weighted by Crippen LogP contribution is -2.42. The minimum Gasteiger partial charge on any atom is -0.381 e. The number of anilines is 1. The molecule has 0 radical (unpaired) electrons. The van der Waals surface area contributed by atoms with Gasteiger partial charge in [0.2, 0.25) is 0 Å². The van der Waals surface area contributed by atoms with Crippen LogP contribution in [0, 0.1) is 11.3 Å². The summed E-state index contributed by atoms with van der Waals surface area (Å²) in [6, 6.07) is 8.79. The van der Waals surface area contributed by atoms with Crippen molar-refractivity contribution in [3.8, 4) is 6.07 Å². The van der Waals surface area contributed by atoms with Crippen molar-refractivity contribution in [1.82, 2.24) is 4.90 Å². The molecule has 2 heterocycles. The van der Waals surface area contributed by atoms with Gasteiger partial charge in [0, 0.05) is 18.6 Å². The standard InChI is InChI=1S/C15H18ClN3/c16-14-4-3-11(10-17)8-15(14)18-12-5-7-19-6-1-2-13(19)9-12/h3-4,8,12-13,18H,1-2,5-7,9H2. The highest BCUT2D eigenvalue weighted by Gasteiger charge is 2.31. The molecule has 2 atom stereocenters. The first-order valence-corrected chi connectivity index (χ1v) is 7.34. The predicted molar refractivity (Wildman–Crippen MR) is 77.4 cm³/mol. The van der Waals surface area contributed by atoms with E-state index in [1.807, 2.05) is 6.07 Å². The van der Waals surface area contributed by atoms with Gasteiger partial charge in [0.25, 0.3) is 0 Å². The number of halogens is 1. The molecule has 0 bridgehead atoms. The highest BCUT2D eigenvalue weighted by Crippen LogP contribution is 2.30. The molecular formula is C15H18ClN3. The summed E-state index contributed by atoms with van der Waals surface area (Å²) in [6.07, 6.45) is 5.00. The predicted octanol–water partition coefficient (Wildman–Crippen LogP) is 3.25. The van der Waals surface area contributed by atoms with Gasteiger partial charge in [-0.25, -0.2) is 0 Å². The summed E-state index contributed by atoms with van der Waals surface area (Å²) in [5.41, 5.74) is 1.56. The van der Waals surface area contributed by atoms with Gasteiger partial charge >= 0.3 is 0 Å². The van der Waals surface area contributed by atoms with Gasteiger partial charge in [0.15, 0.2) is 0 Å². The maximum Gasteiger partial charge on any atom is 0.0992 e. The maximum atomic E-state index is 8.95. The van der Waals surface area contributed by atoms with Crippen LogP contribution in [0.1, 0.15) is 31.2 Å². The number of hydrogen-bond donors (Lipinski definition) is 1. The average molecular weight is 276 g/mol. The van der Waals surface area contributed by atoms with Gasteiger partial charge in [0.1, 0.15) is 0 Å². The van der Waals surface area contributed by atoms with E-state index in [1.54, 1.807) is 12.1 Å². The third-order valence-corrected chi connectivity index (χ3v) is 4.61. The van der Waals surface area contributed by atoms with E-state index in [9.17, 15) is 0 Å². The zero-order valence-electron chi connectivity index (χ0n) is 10.9. The zero-order valence-corrected chi connectivity index (χ0v) is 11.7. The van der Waals surface area contributed by atoms with E-state index < -0.39 is 0 Å². The molecule has 1 aromatic rings. The lowest BCUT2D eigenvalue weighted by molar-refractivity contribution is 0.188. The van der Waals surface area contributed by atoms with E-state index in [1.165, 1.54) is 32.4 Å². The highest BCUT2D eigenvalue weighted by molar-refractivity contribution is 6.33. The van der Waals surface area contributed by atoms with Crippen LogP contribution in [0.2, 0.25) is 5.02 Å².